The molecule has 1 amide bonds. The van der Waals surface area contributed by atoms with Crippen LogP contribution in [0.5, 0.6) is 0 Å². The lowest BCUT2D eigenvalue weighted by Gasteiger charge is -2.06. The van der Waals surface area contributed by atoms with E-state index in [0.717, 1.165) is 6.42 Å². The minimum atomic E-state index is -0.216. The second-order valence-corrected chi connectivity index (χ2v) is 4.70. The normalized spacial score (nSPS) is 10.2. The molecule has 0 aliphatic rings. The summed E-state index contributed by atoms with van der Waals surface area (Å²) in [5, 5.41) is 5.88. The molecule has 0 aliphatic heterocycles. The van der Waals surface area contributed by atoms with Crippen LogP contribution in [0.1, 0.15) is 16.1 Å². The predicted molar refractivity (Wildman–Crippen MR) is 84.9 cm³/mol. The molecule has 0 radical (unpaired) electrons. The molecule has 0 unspecified atom stereocenters. The summed E-state index contributed by atoms with van der Waals surface area (Å²) >= 11 is 0. The Kier molecular flexibility index (Phi) is 6.32. The molecule has 22 heavy (non-hydrogen) atoms. The molecule has 0 spiro atoms. The Morgan fingerprint density at radius 1 is 1.14 bits per heavy atom. The second kappa shape index (κ2) is 8.74. The quantitative estimate of drug-likeness (QED) is 0.723. The first kappa shape index (κ1) is 15.9. The van der Waals surface area contributed by atoms with Crippen LogP contribution in [0.15, 0.2) is 42.7 Å². The van der Waals surface area contributed by atoms with Crippen molar-refractivity contribution in [2.75, 3.05) is 32.1 Å². The summed E-state index contributed by atoms with van der Waals surface area (Å²) in [6, 6.07) is 10.0. The Morgan fingerprint density at radius 3 is 2.64 bits per heavy atom. The van der Waals surface area contributed by atoms with Gasteiger partial charge in [-0.1, -0.05) is 30.3 Å². The van der Waals surface area contributed by atoms with Gasteiger partial charge >= 0.3 is 0 Å². The Morgan fingerprint density at radius 2 is 1.95 bits per heavy atom. The van der Waals surface area contributed by atoms with Crippen molar-refractivity contribution in [2.45, 2.75) is 6.42 Å². The number of anilines is 1. The molecule has 0 saturated heterocycles. The highest BCUT2D eigenvalue weighted by atomic mass is 16.5. The van der Waals surface area contributed by atoms with Crippen LogP contribution >= 0.6 is 0 Å². The average Bonchev–Trinajstić information content (AvgIpc) is 2.56. The number of methoxy groups -OCH3 is 1. The highest BCUT2D eigenvalue weighted by Crippen LogP contribution is 2.01. The molecule has 0 fully saturated rings. The van der Waals surface area contributed by atoms with E-state index in [2.05, 4.69) is 20.6 Å². The van der Waals surface area contributed by atoms with E-state index in [0.29, 0.717) is 31.2 Å². The molecule has 1 aromatic carbocycles. The summed E-state index contributed by atoms with van der Waals surface area (Å²) < 4.78 is 4.93. The van der Waals surface area contributed by atoms with Crippen LogP contribution in [0.3, 0.4) is 0 Å². The summed E-state index contributed by atoms with van der Waals surface area (Å²) in [5.74, 6) is 0.407. The molecule has 116 valence electrons. The molecule has 6 heteroatoms. The highest BCUT2D eigenvalue weighted by molar-refractivity contribution is 5.91. The number of rotatable bonds is 8. The number of carbonyl (C=O) groups is 1. The van der Waals surface area contributed by atoms with Crippen molar-refractivity contribution >= 4 is 11.7 Å². The first-order valence-electron chi connectivity index (χ1n) is 7.16. The molecule has 1 heterocycles. The second-order valence-electron chi connectivity index (χ2n) is 4.70. The number of benzene rings is 1. The van der Waals surface area contributed by atoms with Crippen LogP contribution in [0.2, 0.25) is 0 Å². The summed E-state index contributed by atoms with van der Waals surface area (Å²) in [5.41, 5.74) is 1.50. The average molecular weight is 300 g/mol. The number of carbonyl (C=O) groups excluding carboxylic acids is 1. The lowest BCUT2D eigenvalue weighted by molar-refractivity contribution is 0.0949. The van der Waals surface area contributed by atoms with Gasteiger partial charge < -0.3 is 15.4 Å². The lowest BCUT2D eigenvalue weighted by atomic mass is 10.1. The zero-order valence-corrected chi connectivity index (χ0v) is 12.6. The SMILES string of the molecule is COCCNc1cnc(C(=O)NCCc2ccccc2)cn1. The molecule has 0 saturated carbocycles. The standard InChI is InChI=1S/C16H20N4O2/c1-22-10-9-17-15-12-19-14(11-20-15)16(21)18-8-7-13-5-3-2-4-6-13/h2-6,11-12H,7-10H2,1H3,(H,17,20)(H,18,21). The van der Waals surface area contributed by atoms with Crippen molar-refractivity contribution < 1.29 is 9.53 Å². The first-order chi connectivity index (χ1) is 10.8. The van der Waals surface area contributed by atoms with E-state index in [4.69, 9.17) is 4.74 Å². The number of amides is 1. The highest BCUT2D eigenvalue weighted by Gasteiger charge is 2.07. The van der Waals surface area contributed by atoms with Gasteiger partial charge in [-0.3, -0.25) is 4.79 Å². The van der Waals surface area contributed by atoms with Gasteiger partial charge in [-0.2, -0.15) is 0 Å². The fraction of sp³-hybridized carbons (Fsp3) is 0.312. The van der Waals surface area contributed by atoms with Gasteiger partial charge in [0.1, 0.15) is 11.5 Å². The van der Waals surface area contributed by atoms with Crippen LogP contribution in [-0.2, 0) is 11.2 Å². The van der Waals surface area contributed by atoms with E-state index in [-0.39, 0.29) is 5.91 Å². The van der Waals surface area contributed by atoms with E-state index in [9.17, 15) is 4.79 Å². The van der Waals surface area contributed by atoms with Gasteiger partial charge in [-0.15, -0.1) is 0 Å². The van der Waals surface area contributed by atoms with E-state index in [1.165, 1.54) is 11.8 Å². The molecule has 0 aliphatic carbocycles. The van der Waals surface area contributed by atoms with Crippen LogP contribution in [0.4, 0.5) is 5.82 Å². The summed E-state index contributed by atoms with van der Waals surface area (Å²) in [6.45, 7) is 1.80. The van der Waals surface area contributed by atoms with Gasteiger partial charge in [0.25, 0.3) is 5.91 Å². The monoisotopic (exact) mass is 300 g/mol. The van der Waals surface area contributed by atoms with E-state index in [1.807, 2.05) is 30.3 Å². The maximum atomic E-state index is 12.0. The third kappa shape index (κ3) is 5.14. The van der Waals surface area contributed by atoms with Crippen LogP contribution in [0.25, 0.3) is 0 Å². The fourth-order valence-electron chi connectivity index (χ4n) is 1.87. The summed E-state index contributed by atoms with van der Waals surface area (Å²) in [6.07, 6.45) is 3.80. The van der Waals surface area contributed by atoms with Gasteiger partial charge in [0.05, 0.1) is 19.0 Å². The molecule has 1 aromatic heterocycles. The van der Waals surface area contributed by atoms with Crippen LogP contribution in [0, 0.1) is 0 Å². The zero-order valence-electron chi connectivity index (χ0n) is 12.6. The predicted octanol–water partition coefficient (Wildman–Crippen LogP) is 1.51. The Labute approximate surface area is 129 Å². The third-order valence-corrected chi connectivity index (χ3v) is 3.04. The van der Waals surface area contributed by atoms with Crippen molar-refractivity contribution in [3.8, 4) is 0 Å². The molecule has 0 bridgehead atoms. The number of ether oxygens (including phenoxy) is 1. The van der Waals surface area contributed by atoms with E-state index >= 15 is 0 Å². The van der Waals surface area contributed by atoms with E-state index < -0.39 is 0 Å². The number of hydrogen-bond donors (Lipinski definition) is 2. The van der Waals surface area contributed by atoms with Gasteiger partial charge in [0.2, 0.25) is 0 Å². The van der Waals surface area contributed by atoms with Gasteiger partial charge in [0, 0.05) is 20.2 Å². The smallest absolute Gasteiger partial charge is 0.271 e. The maximum Gasteiger partial charge on any atom is 0.271 e. The van der Waals surface area contributed by atoms with Crippen LogP contribution < -0.4 is 10.6 Å². The van der Waals surface area contributed by atoms with Gasteiger partial charge in [0.15, 0.2) is 0 Å². The van der Waals surface area contributed by atoms with Crippen LogP contribution in [-0.4, -0.2) is 42.7 Å². The number of aromatic nitrogens is 2. The van der Waals surface area contributed by atoms with Gasteiger partial charge in [-0.25, -0.2) is 9.97 Å². The Balaban J connectivity index is 1.77. The van der Waals surface area contributed by atoms with Crippen molar-refractivity contribution in [3.63, 3.8) is 0 Å². The molecule has 2 rings (SSSR count). The fourth-order valence-corrected chi connectivity index (χ4v) is 1.87. The van der Waals surface area contributed by atoms with Crippen molar-refractivity contribution in [3.05, 3.63) is 54.0 Å². The molecule has 6 nitrogen and oxygen atoms in total. The zero-order chi connectivity index (χ0) is 15.6. The molecule has 2 N–H and O–H groups in total. The minimum absolute atomic E-state index is 0.216. The third-order valence-electron chi connectivity index (χ3n) is 3.04. The molecule has 0 atom stereocenters. The molecular formula is C16H20N4O2. The number of hydrogen-bond acceptors (Lipinski definition) is 5. The molecular weight excluding hydrogens is 280 g/mol. The maximum absolute atomic E-state index is 12.0. The van der Waals surface area contributed by atoms with Crippen molar-refractivity contribution in [2.24, 2.45) is 0 Å². The number of nitrogens with zero attached hydrogens (tertiary/aromatic N) is 2. The summed E-state index contributed by atoms with van der Waals surface area (Å²) in [4.78, 5) is 20.2. The largest absolute Gasteiger partial charge is 0.383 e. The lowest BCUT2D eigenvalue weighted by Crippen LogP contribution is -2.26. The topological polar surface area (TPSA) is 76.1 Å². The Hall–Kier alpha value is -2.47. The number of nitrogens with one attached hydrogen (secondary N) is 2. The molecule has 2 aromatic rings. The van der Waals surface area contributed by atoms with Crippen molar-refractivity contribution in [1.29, 1.82) is 0 Å². The summed E-state index contributed by atoms with van der Waals surface area (Å²) in [7, 11) is 1.64. The Bertz CT molecular complexity index is 572. The first-order valence-corrected chi connectivity index (χ1v) is 7.16. The minimum Gasteiger partial charge on any atom is -0.383 e. The van der Waals surface area contributed by atoms with Crippen molar-refractivity contribution in [1.82, 2.24) is 15.3 Å². The van der Waals surface area contributed by atoms with Gasteiger partial charge in [-0.05, 0) is 12.0 Å². The van der Waals surface area contributed by atoms with E-state index in [1.54, 1.807) is 13.3 Å².